The number of carboxylic acid groups (broad SMARTS) is 1. The number of aryl methyl sites for hydroxylation is 2. The number of fused-ring (bicyclic) bond motifs is 11. The maximum Gasteiger partial charge on any atom is 0.290 e. The lowest BCUT2D eigenvalue weighted by molar-refractivity contribution is -0.130. The lowest BCUT2D eigenvalue weighted by Crippen LogP contribution is -2.48. The summed E-state index contributed by atoms with van der Waals surface area (Å²) >= 11 is 1.54. The van der Waals surface area contributed by atoms with Crippen molar-refractivity contribution in [2.75, 3.05) is 45.9 Å². The first-order chi connectivity index (χ1) is 21.7. The van der Waals surface area contributed by atoms with Crippen molar-refractivity contribution >= 4 is 35.5 Å². The van der Waals surface area contributed by atoms with Crippen LogP contribution in [0.4, 0.5) is 0 Å². The van der Waals surface area contributed by atoms with E-state index in [2.05, 4.69) is 15.3 Å². The summed E-state index contributed by atoms with van der Waals surface area (Å²) in [7, 11) is 0. The van der Waals surface area contributed by atoms with Gasteiger partial charge in [0.25, 0.3) is 12.4 Å². The van der Waals surface area contributed by atoms with Gasteiger partial charge in [-0.25, -0.2) is 9.97 Å². The number of ether oxygens (including phenoxy) is 2. The Kier molecular flexibility index (Phi) is 10.0. The fraction of sp³-hybridized carbons (Fsp3) is 0.484. The molecule has 0 saturated carbocycles. The van der Waals surface area contributed by atoms with Gasteiger partial charge >= 0.3 is 0 Å². The van der Waals surface area contributed by atoms with Crippen LogP contribution in [0.3, 0.4) is 0 Å². The molecule has 1 fully saturated rings. The predicted octanol–water partition coefficient (Wildman–Crippen LogP) is 2.82. The number of hydrogen-bond acceptors (Lipinski definition) is 10. The lowest BCUT2D eigenvalue weighted by Gasteiger charge is -2.40. The number of nitrogens with zero attached hydrogens (tertiary/aromatic N) is 4. The zero-order chi connectivity index (χ0) is 32.0. The highest BCUT2D eigenvalue weighted by atomic mass is 32.1. The molecule has 45 heavy (non-hydrogen) atoms. The second kappa shape index (κ2) is 14.1. The van der Waals surface area contributed by atoms with Gasteiger partial charge in [0.2, 0.25) is 11.8 Å². The van der Waals surface area contributed by atoms with Crippen LogP contribution >= 0.6 is 11.3 Å². The van der Waals surface area contributed by atoms with E-state index >= 15 is 0 Å². The SMILES string of the molecule is Cc1nc(CC(=O)N2C[C@H]3c4cccc5c4OC[C@@]3(CNC(=O)CCCN(C(=O)c3ncoc3C)CCCO5)C2)cs1.O=CO. The minimum absolute atomic E-state index is 0.0158. The third-order valence-corrected chi connectivity index (χ3v) is 9.24. The van der Waals surface area contributed by atoms with Gasteiger partial charge in [-0.05, 0) is 32.8 Å². The van der Waals surface area contributed by atoms with Gasteiger partial charge in [-0.15, -0.1) is 11.3 Å². The molecule has 4 aliphatic rings. The number of amides is 3. The van der Waals surface area contributed by atoms with Gasteiger partial charge in [0.1, 0.15) is 5.76 Å². The first-order valence-corrected chi connectivity index (χ1v) is 15.7. The summed E-state index contributed by atoms with van der Waals surface area (Å²) < 4.78 is 17.8. The Hall–Kier alpha value is -4.46. The molecule has 0 radical (unpaired) electrons. The number of rotatable bonds is 3. The van der Waals surface area contributed by atoms with E-state index in [-0.39, 0.29) is 48.6 Å². The molecule has 1 spiro atoms. The molecule has 1 saturated heterocycles. The molecule has 7 rings (SSSR count). The average molecular weight is 640 g/mol. The number of carbonyl (C=O) groups excluding carboxylic acids is 3. The maximum absolute atomic E-state index is 13.4. The van der Waals surface area contributed by atoms with Crippen LogP contribution < -0.4 is 14.8 Å². The third kappa shape index (κ3) is 7.11. The smallest absolute Gasteiger partial charge is 0.290 e. The summed E-state index contributed by atoms with van der Waals surface area (Å²) in [6.45, 7) is 6.39. The van der Waals surface area contributed by atoms with Crippen molar-refractivity contribution in [1.82, 2.24) is 25.1 Å². The van der Waals surface area contributed by atoms with Gasteiger partial charge in [0.15, 0.2) is 23.6 Å². The molecule has 0 unspecified atom stereocenters. The molecule has 3 amide bonds. The van der Waals surface area contributed by atoms with Crippen molar-refractivity contribution in [3.05, 3.63) is 57.7 Å². The Labute approximate surface area is 264 Å². The van der Waals surface area contributed by atoms with E-state index in [0.29, 0.717) is 76.0 Å². The van der Waals surface area contributed by atoms with Gasteiger partial charge < -0.3 is 34.1 Å². The van der Waals surface area contributed by atoms with Crippen molar-refractivity contribution < 1.29 is 38.2 Å². The van der Waals surface area contributed by atoms with E-state index in [9.17, 15) is 14.4 Å². The molecule has 2 aromatic heterocycles. The van der Waals surface area contributed by atoms with Crippen LogP contribution in [0, 0.1) is 19.3 Å². The van der Waals surface area contributed by atoms with Gasteiger partial charge in [-0.2, -0.15) is 0 Å². The Morgan fingerprint density at radius 2 is 2.00 bits per heavy atom. The van der Waals surface area contributed by atoms with Gasteiger partial charge in [-0.3, -0.25) is 19.2 Å². The summed E-state index contributed by atoms with van der Waals surface area (Å²) in [4.78, 5) is 60.1. The molecule has 14 heteroatoms. The summed E-state index contributed by atoms with van der Waals surface area (Å²) in [5.74, 6) is 1.49. The second-order valence-electron chi connectivity index (χ2n) is 11.4. The highest BCUT2D eigenvalue weighted by Crippen LogP contribution is 2.52. The minimum Gasteiger partial charge on any atom is -0.490 e. The number of benzene rings is 1. The largest absolute Gasteiger partial charge is 0.490 e. The number of aromatic nitrogens is 2. The third-order valence-electron chi connectivity index (χ3n) is 8.42. The molecule has 4 aliphatic heterocycles. The quantitative estimate of drug-likeness (QED) is 0.407. The number of para-hydroxylation sites is 1. The van der Waals surface area contributed by atoms with Crippen molar-refractivity contribution in [2.45, 2.75) is 45.4 Å². The molecule has 2 N–H and O–H groups in total. The Morgan fingerprint density at radius 3 is 2.73 bits per heavy atom. The molecule has 6 heterocycles. The van der Waals surface area contributed by atoms with E-state index in [1.54, 1.807) is 11.8 Å². The minimum atomic E-state index is -0.474. The van der Waals surface area contributed by atoms with Crippen LogP contribution in [-0.4, -0.2) is 95.0 Å². The molecule has 13 nitrogen and oxygen atoms in total. The zero-order valence-electron chi connectivity index (χ0n) is 25.3. The van der Waals surface area contributed by atoms with E-state index in [1.165, 1.54) is 17.7 Å². The standard InChI is InChI=1S/C30H35N5O6S.CH2O2/c1-19-27(32-18-41-19)29(38)34-9-4-8-25(36)31-15-30-16-35(26(37)12-21-14-42-20(2)33-21)13-23(30)22-6-3-7-24(28(22)40-17-30)39-11-5-10-34;2-1-3/h3,6-7,14,18,23H,4-5,8-13,15-17H2,1-2H3,(H,31,36);1H,(H,2,3)/t23-,30+;/m0./s1. The zero-order valence-corrected chi connectivity index (χ0v) is 26.1. The van der Waals surface area contributed by atoms with Gasteiger partial charge in [-0.1, -0.05) is 12.1 Å². The predicted molar refractivity (Wildman–Crippen MR) is 162 cm³/mol. The first-order valence-electron chi connectivity index (χ1n) is 14.9. The number of carbonyl (C=O) groups is 4. The molecule has 0 aliphatic carbocycles. The van der Waals surface area contributed by atoms with Crippen molar-refractivity contribution in [3.63, 3.8) is 0 Å². The lowest BCUT2D eigenvalue weighted by atomic mass is 9.73. The van der Waals surface area contributed by atoms with Crippen molar-refractivity contribution in [2.24, 2.45) is 5.41 Å². The summed E-state index contributed by atoms with van der Waals surface area (Å²) in [5, 5.41) is 12.9. The fourth-order valence-electron chi connectivity index (χ4n) is 6.22. The first kappa shape index (κ1) is 31.9. The normalized spacial score (nSPS) is 21.5. The van der Waals surface area contributed by atoms with E-state index in [1.807, 2.05) is 35.4 Å². The van der Waals surface area contributed by atoms with Crippen molar-refractivity contribution in [3.8, 4) is 11.5 Å². The Morgan fingerprint density at radius 1 is 1.20 bits per heavy atom. The number of thiazole rings is 1. The van der Waals surface area contributed by atoms with Crippen LogP contribution in [0.2, 0.25) is 0 Å². The van der Waals surface area contributed by atoms with Gasteiger partial charge in [0.05, 0.1) is 30.3 Å². The average Bonchev–Trinajstić information content (AvgIpc) is 3.75. The Balaban J connectivity index is 0.00000128. The highest BCUT2D eigenvalue weighted by Gasteiger charge is 2.53. The van der Waals surface area contributed by atoms with Crippen LogP contribution in [0.25, 0.3) is 0 Å². The molecular formula is C31H37N5O8S. The number of likely N-dealkylation sites (tertiary alicyclic amines) is 1. The van der Waals surface area contributed by atoms with E-state index in [0.717, 1.165) is 16.3 Å². The van der Waals surface area contributed by atoms with Crippen LogP contribution in [0.15, 0.2) is 34.4 Å². The number of hydrogen-bond donors (Lipinski definition) is 2. The van der Waals surface area contributed by atoms with E-state index in [4.69, 9.17) is 23.8 Å². The maximum atomic E-state index is 13.4. The molecule has 1 aromatic carbocycles. The molecule has 2 atom stereocenters. The summed E-state index contributed by atoms with van der Waals surface area (Å²) in [6.07, 6.45) is 2.88. The molecule has 3 aromatic rings. The summed E-state index contributed by atoms with van der Waals surface area (Å²) in [6, 6.07) is 5.87. The Bertz CT molecular complexity index is 1540. The molecular weight excluding hydrogens is 602 g/mol. The van der Waals surface area contributed by atoms with E-state index < -0.39 is 5.41 Å². The van der Waals surface area contributed by atoms with Crippen LogP contribution in [-0.2, 0) is 20.8 Å². The second-order valence-corrected chi connectivity index (χ2v) is 12.5. The summed E-state index contributed by atoms with van der Waals surface area (Å²) in [5.41, 5.74) is 1.58. The number of oxazole rings is 1. The fourth-order valence-corrected chi connectivity index (χ4v) is 6.83. The molecule has 240 valence electrons. The topological polar surface area (TPSA) is 164 Å². The number of nitrogens with one attached hydrogen (secondary N) is 1. The van der Waals surface area contributed by atoms with Gasteiger partial charge in [0, 0.05) is 61.4 Å². The van der Waals surface area contributed by atoms with Crippen LogP contribution in [0.5, 0.6) is 11.5 Å². The van der Waals surface area contributed by atoms with Crippen molar-refractivity contribution in [1.29, 1.82) is 0 Å². The highest BCUT2D eigenvalue weighted by molar-refractivity contribution is 7.09. The van der Waals surface area contributed by atoms with Crippen LogP contribution in [0.1, 0.15) is 57.7 Å². The monoisotopic (exact) mass is 639 g/mol. The molecule has 4 bridgehead atoms.